The summed E-state index contributed by atoms with van der Waals surface area (Å²) in [7, 11) is 0. The summed E-state index contributed by atoms with van der Waals surface area (Å²) in [4.78, 5) is 0. The fourth-order valence-corrected chi connectivity index (χ4v) is 3.02. The van der Waals surface area contributed by atoms with E-state index in [0.29, 0.717) is 0 Å². The quantitative estimate of drug-likeness (QED) is 0.552. The normalized spacial score (nSPS) is 14.9. The van der Waals surface area contributed by atoms with Crippen LogP contribution in [0.1, 0.15) is 11.1 Å². The van der Waals surface area contributed by atoms with E-state index in [-0.39, 0.29) is 0 Å². The third-order valence-electron chi connectivity index (χ3n) is 2.95. The molecule has 0 saturated heterocycles. The van der Waals surface area contributed by atoms with Crippen molar-refractivity contribution in [1.82, 2.24) is 3.82 Å². The second-order valence-electron chi connectivity index (χ2n) is 4.15. The van der Waals surface area contributed by atoms with Crippen molar-refractivity contribution in [3.8, 4) is 0 Å². The van der Waals surface area contributed by atoms with Crippen LogP contribution in [0, 0.1) is 0 Å². The highest BCUT2D eigenvalue weighted by molar-refractivity contribution is 8.01. The van der Waals surface area contributed by atoms with Gasteiger partial charge in [-0.2, -0.15) is 0 Å². The SMILES string of the molecule is ClN1SC=CC(c2ccccc2)=C1c1ccccc1. The van der Waals surface area contributed by atoms with E-state index in [0.717, 1.165) is 16.8 Å². The molecule has 19 heavy (non-hydrogen) atoms. The molecular weight excluding hydrogens is 274 g/mol. The van der Waals surface area contributed by atoms with E-state index >= 15 is 0 Å². The van der Waals surface area contributed by atoms with Gasteiger partial charge in [0.1, 0.15) is 0 Å². The molecule has 3 heteroatoms. The highest BCUT2D eigenvalue weighted by atomic mass is 35.5. The van der Waals surface area contributed by atoms with Crippen LogP contribution in [0.5, 0.6) is 0 Å². The molecule has 0 atom stereocenters. The Kier molecular flexibility index (Phi) is 3.62. The lowest BCUT2D eigenvalue weighted by Gasteiger charge is -2.23. The molecule has 94 valence electrons. The molecule has 1 heterocycles. The Bertz CT molecular complexity index is 620. The molecule has 0 amide bonds. The summed E-state index contributed by atoms with van der Waals surface area (Å²) in [6, 6.07) is 20.5. The molecule has 2 aromatic rings. The molecule has 3 rings (SSSR count). The van der Waals surface area contributed by atoms with Crippen molar-refractivity contribution < 1.29 is 0 Å². The van der Waals surface area contributed by atoms with Gasteiger partial charge in [-0.15, -0.1) is 0 Å². The fourth-order valence-electron chi connectivity index (χ4n) is 2.08. The highest BCUT2D eigenvalue weighted by Gasteiger charge is 2.18. The molecular formula is C16H12ClNS. The van der Waals surface area contributed by atoms with Crippen molar-refractivity contribution in [2.75, 3.05) is 0 Å². The van der Waals surface area contributed by atoms with Gasteiger partial charge in [0, 0.05) is 22.9 Å². The zero-order valence-electron chi connectivity index (χ0n) is 10.2. The second kappa shape index (κ2) is 5.55. The second-order valence-corrected chi connectivity index (χ2v) is 5.53. The summed E-state index contributed by atoms with van der Waals surface area (Å²) in [6.45, 7) is 0. The number of hydrogen-bond donors (Lipinski definition) is 0. The molecule has 0 bridgehead atoms. The summed E-state index contributed by atoms with van der Waals surface area (Å²) in [5.74, 6) is 0. The Hall–Kier alpha value is -1.64. The van der Waals surface area contributed by atoms with E-state index in [2.05, 4.69) is 30.3 Å². The minimum absolute atomic E-state index is 1.03. The Morgan fingerprint density at radius 3 is 2.00 bits per heavy atom. The average Bonchev–Trinajstić information content (AvgIpc) is 2.49. The van der Waals surface area contributed by atoms with Crippen molar-refractivity contribution in [3.63, 3.8) is 0 Å². The van der Waals surface area contributed by atoms with Gasteiger partial charge >= 0.3 is 0 Å². The van der Waals surface area contributed by atoms with Crippen LogP contribution >= 0.6 is 23.7 Å². The van der Waals surface area contributed by atoms with Crippen LogP contribution in [0.2, 0.25) is 0 Å². The van der Waals surface area contributed by atoms with Crippen molar-refractivity contribution >= 4 is 35.0 Å². The fraction of sp³-hybridized carbons (Fsp3) is 0. The predicted octanol–water partition coefficient (Wildman–Crippen LogP) is 5.19. The third kappa shape index (κ3) is 2.55. The van der Waals surface area contributed by atoms with Crippen LogP contribution < -0.4 is 0 Å². The van der Waals surface area contributed by atoms with Crippen molar-refractivity contribution in [3.05, 3.63) is 83.3 Å². The zero-order chi connectivity index (χ0) is 13.1. The Morgan fingerprint density at radius 2 is 1.37 bits per heavy atom. The largest absolute Gasteiger partial charge is 0.222 e. The molecule has 1 nitrogen and oxygen atoms in total. The highest BCUT2D eigenvalue weighted by Crippen LogP contribution is 2.40. The van der Waals surface area contributed by atoms with Crippen LogP contribution in [0.15, 0.2) is 72.1 Å². The van der Waals surface area contributed by atoms with E-state index in [4.69, 9.17) is 11.8 Å². The maximum Gasteiger partial charge on any atom is 0.0805 e. The van der Waals surface area contributed by atoms with Gasteiger partial charge in [-0.1, -0.05) is 60.7 Å². The summed E-state index contributed by atoms with van der Waals surface area (Å²) >= 11 is 7.83. The molecule has 0 N–H and O–H groups in total. The van der Waals surface area contributed by atoms with E-state index in [9.17, 15) is 0 Å². The van der Waals surface area contributed by atoms with E-state index in [1.54, 1.807) is 3.82 Å². The first-order valence-electron chi connectivity index (χ1n) is 6.00. The van der Waals surface area contributed by atoms with Crippen LogP contribution in [0.4, 0.5) is 0 Å². The monoisotopic (exact) mass is 285 g/mol. The lowest BCUT2D eigenvalue weighted by molar-refractivity contribution is 1.05. The van der Waals surface area contributed by atoms with Crippen LogP contribution in [-0.4, -0.2) is 3.82 Å². The number of halogens is 1. The molecule has 0 aromatic heterocycles. The van der Waals surface area contributed by atoms with Crippen molar-refractivity contribution in [2.24, 2.45) is 0 Å². The minimum Gasteiger partial charge on any atom is -0.222 e. The van der Waals surface area contributed by atoms with Gasteiger partial charge in [-0.05, 0) is 29.0 Å². The smallest absolute Gasteiger partial charge is 0.0805 e. The van der Waals surface area contributed by atoms with E-state index < -0.39 is 0 Å². The van der Waals surface area contributed by atoms with E-state index in [1.165, 1.54) is 17.5 Å². The van der Waals surface area contributed by atoms with Gasteiger partial charge in [0.2, 0.25) is 0 Å². The van der Waals surface area contributed by atoms with Gasteiger partial charge in [0.25, 0.3) is 0 Å². The standard InChI is InChI=1S/C16H12ClNS/c17-18-16(14-9-5-2-6-10-14)15(11-12-19-18)13-7-3-1-4-8-13/h1-12H. The minimum atomic E-state index is 1.03. The molecule has 0 spiro atoms. The number of benzene rings is 2. The molecule has 0 fully saturated rings. The Morgan fingerprint density at radius 1 is 0.789 bits per heavy atom. The molecule has 0 saturated carbocycles. The molecule has 1 aliphatic heterocycles. The van der Waals surface area contributed by atoms with Crippen molar-refractivity contribution in [1.29, 1.82) is 0 Å². The number of allylic oxidation sites excluding steroid dienone is 2. The molecule has 0 aliphatic carbocycles. The van der Waals surface area contributed by atoms with Gasteiger partial charge in [0.05, 0.1) is 5.70 Å². The number of rotatable bonds is 2. The summed E-state index contributed by atoms with van der Waals surface area (Å²) in [5, 5.41) is 2.00. The van der Waals surface area contributed by atoms with Crippen LogP contribution in [-0.2, 0) is 0 Å². The summed E-state index contributed by atoms with van der Waals surface area (Å²) in [5.41, 5.74) is 4.46. The molecule has 2 aromatic carbocycles. The maximum absolute atomic E-state index is 6.35. The van der Waals surface area contributed by atoms with Crippen LogP contribution in [0.3, 0.4) is 0 Å². The lowest BCUT2D eigenvalue weighted by atomic mass is 10.00. The number of hydrogen-bond acceptors (Lipinski definition) is 2. The molecule has 1 aliphatic rings. The predicted molar refractivity (Wildman–Crippen MR) is 84.1 cm³/mol. The number of nitrogens with zero attached hydrogens (tertiary/aromatic N) is 1. The average molecular weight is 286 g/mol. The lowest BCUT2D eigenvalue weighted by Crippen LogP contribution is -2.06. The summed E-state index contributed by atoms with van der Waals surface area (Å²) in [6.07, 6.45) is 2.11. The molecule has 0 radical (unpaired) electrons. The third-order valence-corrected chi connectivity index (χ3v) is 3.98. The molecule has 0 unspecified atom stereocenters. The maximum atomic E-state index is 6.35. The summed E-state index contributed by atoms with van der Waals surface area (Å²) < 4.78 is 1.69. The van der Waals surface area contributed by atoms with Gasteiger partial charge in [-0.3, -0.25) is 0 Å². The first-order valence-corrected chi connectivity index (χ1v) is 7.18. The Balaban J connectivity index is 2.18. The van der Waals surface area contributed by atoms with Gasteiger partial charge in [0.15, 0.2) is 0 Å². The van der Waals surface area contributed by atoms with Crippen LogP contribution in [0.25, 0.3) is 11.3 Å². The Labute approximate surface area is 122 Å². The topological polar surface area (TPSA) is 3.24 Å². The van der Waals surface area contributed by atoms with E-state index in [1.807, 2.05) is 41.8 Å². The first-order chi connectivity index (χ1) is 9.36. The van der Waals surface area contributed by atoms with Gasteiger partial charge in [-0.25, -0.2) is 3.82 Å². The van der Waals surface area contributed by atoms with Crippen molar-refractivity contribution in [2.45, 2.75) is 0 Å². The van der Waals surface area contributed by atoms with Gasteiger partial charge < -0.3 is 0 Å². The first kappa shape index (κ1) is 12.4. The zero-order valence-corrected chi connectivity index (χ0v) is 11.7.